The fourth-order valence-corrected chi connectivity index (χ4v) is 3.56. The molecule has 0 aliphatic carbocycles. The zero-order valence-electron chi connectivity index (χ0n) is 14.6. The number of carbonyl (C=O) groups is 1. The predicted molar refractivity (Wildman–Crippen MR) is 93.7 cm³/mol. The topological polar surface area (TPSA) is 42.0 Å². The van der Waals surface area contributed by atoms with Crippen molar-refractivity contribution in [1.82, 2.24) is 10.3 Å². The van der Waals surface area contributed by atoms with Crippen LogP contribution in [0.15, 0.2) is 24.3 Å². The highest BCUT2D eigenvalue weighted by atomic mass is 32.1. The summed E-state index contributed by atoms with van der Waals surface area (Å²) < 4.78 is 37.9. The number of aryl methyl sites for hydroxylation is 1. The first-order chi connectivity index (χ1) is 11.6. The number of thiazole rings is 1. The van der Waals surface area contributed by atoms with Crippen molar-refractivity contribution in [3.63, 3.8) is 0 Å². The lowest BCUT2D eigenvalue weighted by atomic mass is 10.1. The molecule has 25 heavy (non-hydrogen) atoms. The molecule has 0 bridgehead atoms. The van der Waals surface area contributed by atoms with Crippen molar-refractivity contribution in [2.75, 3.05) is 0 Å². The second-order valence-corrected chi connectivity index (χ2v) is 7.51. The molecule has 1 amide bonds. The van der Waals surface area contributed by atoms with E-state index in [1.54, 1.807) is 6.92 Å². The van der Waals surface area contributed by atoms with Gasteiger partial charge in [-0.3, -0.25) is 4.79 Å². The van der Waals surface area contributed by atoms with Crippen LogP contribution in [0.25, 0.3) is 10.6 Å². The SMILES string of the molecule is Cc1nc(-c2ccc(C(F)(F)F)cc2)sc1C(=O)NC(C)CC(C)C. The van der Waals surface area contributed by atoms with Crippen LogP contribution in [-0.2, 0) is 6.18 Å². The molecule has 1 unspecified atom stereocenters. The van der Waals surface area contributed by atoms with Gasteiger partial charge in [-0.15, -0.1) is 11.3 Å². The molecule has 0 saturated carbocycles. The van der Waals surface area contributed by atoms with E-state index in [0.29, 0.717) is 27.1 Å². The average molecular weight is 370 g/mol. The maximum Gasteiger partial charge on any atom is 0.416 e. The van der Waals surface area contributed by atoms with E-state index in [0.717, 1.165) is 18.6 Å². The molecule has 0 spiro atoms. The van der Waals surface area contributed by atoms with Crippen LogP contribution in [-0.4, -0.2) is 16.9 Å². The van der Waals surface area contributed by atoms with Crippen molar-refractivity contribution in [2.45, 2.75) is 46.3 Å². The van der Waals surface area contributed by atoms with Gasteiger partial charge in [0, 0.05) is 11.6 Å². The van der Waals surface area contributed by atoms with Gasteiger partial charge in [-0.25, -0.2) is 4.98 Å². The van der Waals surface area contributed by atoms with E-state index in [4.69, 9.17) is 0 Å². The largest absolute Gasteiger partial charge is 0.416 e. The second kappa shape index (κ2) is 7.56. The van der Waals surface area contributed by atoms with Crippen molar-refractivity contribution < 1.29 is 18.0 Å². The fourth-order valence-electron chi connectivity index (χ4n) is 2.59. The zero-order chi connectivity index (χ0) is 18.8. The van der Waals surface area contributed by atoms with Gasteiger partial charge in [-0.05, 0) is 38.3 Å². The minimum Gasteiger partial charge on any atom is -0.349 e. The van der Waals surface area contributed by atoms with Crippen LogP contribution in [0.1, 0.15) is 48.1 Å². The lowest BCUT2D eigenvalue weighted by Gasteiger charge is -2.15. The Bertz CT molecular complexity index is 736. The van der Waals surface area contributed by atoms with Crippen molar-refractivity contribution in [3.8, 4) is 10.6 Å². The number of amides is 1. The Morgan fingerprint density at radius 2 is 1.80 bits per heavy atom. The quantitative estimate of drug-likeness (QED) is 0.776. The third kappa shape index (κ3) is 5.04. The Morgan fingerprint density at radius 3 is 2.32 bits per heavy atom. The van der Waals surface area contributed by atoms with Crippen molar-refractivity contribution >= 4 is 17.2 Å². The van der Waals surface area contributed by atoms with Crippen molar-refractivity contribution in [1.29, 1.82) is 0 Å². The molecule has 136 valence electrons. The Hall–Kier alpha value is -1.89. The van der Waals surface area contributed by atoms with Gasteiger partial charge in [-0.1, -0.05) is 26.0 Å². The van der Waals surface area contributed by atoms with Gasteiger partial charge in [0.1, 0.15) is 9.88 Å². The van der Waals surface area contributed by atoms with Gasteiger partial charge in [0.05, 0.1) is 11.3 Å². The maximum atomic E-state index is 12.6. The lowest BCUT2D eigenvalue weighted by Crippen LogP contribution is -2.33. The zero-order valence-corrected chi connectivity index (χ0v) is 15.4. The Balaban J connectivity index is 2.18. The van der Waals surface area contributed by atoms with Crippen LogP contribution >= 0.6 is 11.3 Å². The molecular formula is C18H21F3N2OS. The summed E-state index contributed by atoms with van der Waals surface area (Å²) in [6, 6.07) is 4.85. The summed E-state index contributed by atoms with van der Waals surface area (Å²) in [5, 5.41) is 3.48. The Labute approximate surface area is 149 Å². The predicted octanol–water partition coefficient (Wildman–Crippen LogP) is 5.30. The Kier molecular flexibility index (Phi) is 5.87. The van der Waals surface area contributed by atoms with Crippen molar-refractivity contribution in [2.24, 2.45) is 5.92 Å². The summed E-state index contributed by atoms with van der Waals surface area (Å²) in [6.45, 7) is 7.85. The second-order valence-electron chi connectivity index (χ2n) is 6.51. The highest BCUT2D eigenvalue weighted by Crippen LogP contribution is 2.33. The maximum absolute atomic E-state index is 12.6. The number of aromatic nitrogens is 1. The number of nitrogens with zero attached hydrogens (tertiary/aromatic N) is 1. The highest BCUT2D eigenvalue weighted by Gasteiger charge is 2.30. The number of benzene rings is 1. The highest BCUT2D eigenvalue weighted by molar-refractivity contribution is 7.17. The summed E-state index contributed by atoms with van der Waals surface area (Å²) in [5.74, 6) is 0.280. The van der Waals surface area contributed by atoms with E-state index in [1.165, 1.54) is 23.5 Å². The first kappa shape index (κ1) is 19.4. The van der Waals surface area contributed by atoms with E-state index >= 15 is 0 Å². The molecule has 0 aliphatic rings. The first-order valence-corrected chi connectivity index (χ1v) is 8.85. The van der Waals surface area contributed by atoms with E-state index < -0.39 is 11.7 Å². The van der Waals surface area contributed by atoms with E-state index in [9.17, 15) is 18.0 Å². The number of hydrogen-bond acceptors (Lipinski definition) is 3. The summed E-state index contributed by atoms with van der Waals surface area (Å²) in [4.78, 5) is 17.2. The molecule has 1 atom stereocenters. The summed E-state index contributed by atoms with van der Waals surface area (Å²) >= 11 is 1.19. The number of rotatable bonds is 5. The minimum atomic E-state index is -4.37. The van der Waals surface area contributed by atoms with E-state index in [1.807, 2.05) is 6.92 Å². The number of alkyl halides is 3. The normalized spacial score (nSPS) is 13.1. The van der Waals surface area contributed by atoms with Gasteiger partial charge < -0.3 is 5.32 Å². The number of halogens is 3. The third-order valence-corrected chi connectivity index (χ3v) is 4.87. The Morgan fingerprint density at radius 1 is 1.20 bits per heavy atom. The van der Waals surface area contributed by atoms with Crippen molar-refractivity contribution in [3.05, 3.63) is 40.4 Å². The fraction of sp³-hybridized carbons (Fsp3) is 0.444. The van der Waals surface area contributed by atoms with Gasteiger partial charge >= 0.3 is 6.18 Å². The number of carbonyl (C=O) groups excluding carboxylic acids is 1. The van der Waals surface area contributed by atoms with E-state index in [2.05, 4.69) is 24.1 Å². The number of nitrogens with one attached hydrogen (secondary N) is 1. The van der Waals surface area contributed by atoms with Gasteiger partial charge in [0.25, 0.3) is 5.91 Å². The molecule has 0 aliphatic heterocycles. The first-order valence-electron chi connectivity index (χ1n) is 8.04. The molecule has 0 saturated heterocycles. The summed E-state index contributed by atoms with van der Waals surface area (Å²) in [7, 11) is 0. The molecule has 1 N–H and O–H groups in total. The molecule has 2 aromatic rings. The van der Waals surface area contributed by atoms with Gasteiger partial charge in [-0.2, -0.15) is 13.2 Å². The lowest BCUT2D eigenvalue weighted by molar-refractivity contribution is -0.137. The van der Waals surface area contributed by atoms with Gasteiger partial charge in [0.15, 0.2) is 0 Å². The van der Waals surface area contributed by atoms with E-state index in [-0.39, 0.29) is 11.9 Å². The van der Waals surface area contributed by atoms with Crippen LogP contribution in [0, 0.1) is 12.8 Å². The molecule has 1 aromatic carbocycles. The van der Waals surface area contributed by atoms with Crippen LogP contribution in [0.5, 0.6) is 0 Å². The molecule has 0 radical (unpaired) electrons. The van der Waals surface area contributed by atoms with Gasteiger partial charge in [0.2, 0.25) is 0 Å². The van der Waals surface area contributed by atoms with Crippen LogP contribution in [0.3, 0.4) is 0 Å². The number of hydrogen-bond donors (Lipinski definition) is 1. The van der Waals surface area contributed by atoms with Crippen LogP contribution in [0.4, 0.5) is 13.2 Å². The summed E-state index contributed by atoms with van der Waals surface area (Å²) in [5.41, 5.74) is 0.439. The minimum absolute atomic E-state index is 0.0449. The molecule has 0 fully saturated rings. The molecular weight excluding hydrogens is 349 g/mol. The average Bonchev–Trinajstić information content (AvgIpc) is 2.87. The van der Waals surface area contributed by atoms with Crippen LogP contribution < -0.4 is 5.32 Å². The molecule has 1 heterocycles. The van der Waals surface area contributed by atoms with Crippen LogP contribution in [0.2, 0.25) is 0 Å². The standard InChI is InChI=1S/C18H21F3N2OS/c1-10(2)9-11(3)22-16(24)15-12(4)23-17(25-15)13-5-7-14(8-6-13)18(19,20)21/h5-8,10-11H,9H2,1-4H3,(H,22,24). The molecule has 2 rings (SSSR count). The monoisotopic (exact) mass is 370 g/mol. The molecule has 3 nitrogen and oxygen atoms in total. The third-order valence-electron chi connectivity index (χ3n) is 3.66. The molecule has 1 aromatic heterocycles. The smallest absolute Gasteiger partial charge is 0.349 e. The molecule has 7 heteroatoms. The summed E-state index contributed by atoms with van der Waals surface area (Å²) in [6.07, 6.45) is -3.50.